The first kappa shape index (κ1) is 14.2. The van der Waals surface area contributed by atoms with Crippen molar-refractivity contribution in [3.05, 3.63) is 24.3 Å². The van der Waals surface area contributed by atoms with Crippen LogP contribution in [0.1, 0.15) is 19.3 Å². The maximum absolute atomic E-state index is 5.64. The van der Waals surface area contributed by atoms with Gasteiger partial charge in [-0.15, -0.1) is 11.8 Å². The molecular weight excluding hydrogens is 288 g/mol. The van der Waals surface area contributed by atoms with E-state index >= 15 is 0 Å². The summed E-state index contributed by atoms with van der Waals surface area (Å²) in [6.07, 6.45) is 3.79. The lowest BCUT2D eigenvalue weighted by Crippen LogP contribution is -2.43. The number of hydrogen-bond acceptors (Lipinski definition) is 3. The summed E-state index contributed by atoms with van der Waals surface area (Å²) in [5.41, 5.74) is 1.24. The van der Waals surface area contributed by atoms with E-state index in [2.05, 4.69) is 34.5 Å². The lowest BCUT2D eigenvalue weighted by molar-refractivity contribution is 0.114. The van der Waals surface area contributed by atoms with Gasteiger partial charge in [-0.1, -0.05) is 12.1 Å². The molecular formula is C15H20N2OS2. The number of ether oxygens (including phenoxy) is 1. The molecule has 0 aromatic heterocycles. The number of benzene rings is 1. The first-order valence-electron chi connectivity index (χ1n) is 7.23. The smallest absolute Gasteiger partial charge is 0.173 e. The van der Waals surface area contributed by atoms with E-state index in [-0.39, 0.29) is 0 Å². The van der Waals surface area contributed by atoms with Gasteiger partial charge in [0.1, 0.15) is 0 Å². The molecule has 20 heavy (non-hydrogen) atoms. The number of hydrogen-bond donors (Lipinski definition) is 1. The van der Waals surface area contributed by atoms with Crippen LogP contribution in [0, 0.1) is 0 Å². The zero-order valence-electron chi connectivity index (χ0n) is 11.5. The van der Waals surface area contributed by atoms with Gasteiger partial charge in [0.05, 0.1) is 11.8 Å². The molecule has 1 N–H and O–H groups in total. The lowest BCUT2D eigenvalue weighted by Gasteiger charge is -2.26. The van der Waals surface area contributed by atoms with Crippen LogP contribution in [-0.2, 0) is 4.74 Å². The molecule has 0 saturated carbocycles. The van der Waals surface area contributed by atoms with E-state index in [0.717, 1.165) is 43.4 Å². The van der Waals surface area contributed by atoms with E-state index in [1.807, 2.05) is 11.8 Å². The molecule has 1 fully saturated rings. The number of thioether (sulfide) groups is 1. The lowest BCUT2D eigenvalue weighted by atomic mass is 10.2. The van der Waals surface area contributed by atoms with E-state index in [9.17, 15) is 0 Å². The zero-order valence-corrected chi connectivity index (χ0v) is 13.1. The fourth-order valence-electron chi connectivity index (χ4n) is 2.64. The number of fused-ring (bicyclic) bond motifs is 1. The van der Waals surface area contributed by atoms with Gasteiger partial charge in [0.15, 0.2) is 5.11 Å². The Morgan fingerprint density at radius 2 is 2.30 bits per heavy atom. The van der Waals surface area contributed by atoms with Crippen LogP contribution in [0.15, 0.2) is 29.2 Å². The van der Waals surface area contributed by atoms with Gasteiger partial charge in [-0.2, -0.15) is 0 Å². The van der Waals surface area contributed by atoms with E-state index in [0.29, 0.717) is 6.10 Å². The zero-order chi connectivity index (χ0) is 13.8. The van der Waals surface area contributed by atoms with Crippen LogP contribution < -0.4 is 10.2 Å². The molecule has 1 aromatic rings. The Morgan fingerprint density at radius 1 is 1.40 bits per heavy atom. The van der Waals surface area contributed by atoms with Crippen LogP contribution in [0.4, 0.5) is 5.69 Å². The quantitative estimate of drug-likeness (QED) is 0.847. The average Bonchev–Trinajstić information content (AvgIpc) is 2.90. The molecule has 108 valence electrons. The second-order valence-electron chi connectivity index (χ2n) is 5.14. The summed E-state index contributed by atoms with van der Waals surface area (Å²) in [5, 5.41) is 4.22. The van der Waals surface area contributed by atoms with Crippen LogP contribution in [0.3, 0.4) is 0 Å². The summed E-state index contributed by atoms with van der Waals surface area (Å²) >= 11 is 7.52. The van der Waals surface area contributed by atoms with Gasteiger partial charge in [-0.3, -0.25) is 0 Å². The fourth-order valence-corrected chi connectivity index (χ4v) is 3.91. The molecule has 0 spiro atoms. The highest BCUT2D eigenvalue weighted by Crippen LogP contribution is 2.33. The summed E-state index contributed by atoms with van der Waals surface area (Å²) in [4.78, 5) is 3.56. The van der Waals surface area contributed by atoms with Crippen molar-refractivity contribution in [2.75, 3.05) is 30.3 Å². The number of rotatable bonds is 2. The van der Waals surface area contributed by atoms with Crippen molar-refractivity contribution in [3.8, 4) is 0 Å². The first-order chi connectivity index (χ1) is 9.84. The van der Waals surface area contributed by atoms with E-state index < -0.39 is 0 Å². The summed E-state index contributed by atoms with van der Waals surface area (Å²) in [6.45, 7) is 2.70. The topological polar surface area (TPSA) is 24.5 Å². The van der Waals surface area contributed by atoms with Gasteiger partial charge in [0.2, 0.25) is 0 Å². The summed E-state index contributed by atoms with van der Waals surface area (Å²) in [6, 6.07) is 8.52. The fraction of sp³-hybridized carbons (Fsp3) is 0.533. The molecule has 2 aliphatic rings. The van der Waals surface area contributed by atoms with Crippen LogP contribution >= 0.6 is 24.0 Å². The van der Waals surface area contributed by atoms with Crippen molar-refractivity contribution in [2.24, 2.45) is 0 Å². The van der Waals surface area contributed by atoms with Crippen molar-refractivity contribution in [2.45, 2.75) is 30.3 Å². The van der Waals surface area contributed by atoms with Gasteiger partial charge < -0.3 is 15.0 Å². The van der Waals surface area contributed by atoms with E-state index in [1.165, 1.54) is 17.0 Å². The Bertz CT molecular complexity index is 475. The van der Waals surface area contributed by atoms with Gasteiger partial charge >= 0.3 is 0 Å². The van der Waals surface area contributed by atoms with Crippen molar-refractivity contribution in [3.63, 3.8) is 0 Å². The van der Waals surface area contributed by atoms with Crippen molar-refractivity contribution in [1.82, 2.24) is 5.32 Å². The van der Waals surface area contributed by atoms with E-state index in [1.54, 1.807) is 0 Å². The van der Waals surface area contributed by atoms with Crippen LogP contribution in [0.5, 0.6) is 0 Å². The molecule has 5 heteroatoms. The Labute approximate surface area is 130 Å². The third-order valence-electron chi connectivity index (χ3n) is 3.69. The maximum atomic E-state index is 5.64. The minimum atomic E-state index is 0.324. The minimum absolute atomic E-state index is 0.324. The molecule has 0 amide bonds. The van der Waals surface area contributed by atoms with Crippen LogP contribution in [-0.4, -0.2) is 36.7 Å². The van der Waals surface area contributed by atoms with E-state index in [4.69, 9.17) is 17.0 Å². The molecule has 0 aliphatic carbocycles. The Kier molecular flexibility index (Phi) is 4.81. The predicted molar refractivity (Wildman–Crippen MR) is 88.7 cm³/mol. The second kappa shape index (κ2) is 6.78. The average molecular weight is 308 g/mol. The maximum Gasteiger partial charge on any atom is 0.173 e. The van der Waals surface area contributed by atoms with Gasteiger partial charge in [0, 0.05) is 24.6 Å². The number of para-hydroxylation sites is 1. The number of nitrogens with one attached hydrogen (secondary N) is 1. The molecule has 2 heterocycles. The molecule has 1 saturated heterocycles. The number of thiocarbonyl (C=S) groups is 1. The highest BCUT2D eigenvalue weighted by atomic mass is 32.2. The molecule has 3 nitrogen and oxygen atoms in total. The standard InChI is InChI=1S/C15H20N2OS2/c19-15(16-11-12-5-3-9-18-12)17-8-4-10-20-14-7-2-1-6-13(14)17/h1-2,6-7,12H,3-5,8-11H2,(H,16,19)/t12-/m0/s1. The molecule has 3 rings (SSSR count). The van der Waals surface area contributed by atoms with Gasteiger partial charge in [-0.05, 0) is 49.4 Å². The monoisotopic (exact) mass is 308 g/mol. The Morgan fingerprint density at radius 3 is 3.15 bits per heavy atom. The summed E-state index contributed by atoms with van der Waals surface area (Å²) < 4.78 is 5.64. The van der Waals surface area contributed by atoms with Crippen molar-refractivity contribution < 1.29 is 4.74 Å². The molecule has 0 radical (unpaired) electrons. The predicted octanol–water partition coefficient (Wildman–Crippen LogP) is 3.04. The minimum Gasteiger partial charge on any atom is -0.376 e. The van der Waals surface area contributed by atoms with Crippen LogP contribution in [0.25, 0.3) is 0 Å². The van der Waals surface area contributed by atoms with Gasteiger partial charge in [0.25, 0.3) is 0 Å². The largest absolute Gasteiger partial charge is 0.376 e. The first-order valence-corrected chi connectivity index (χ1v) is 8.63. The summed E-state index contributed by atoms with van der Waals surface area (Å²) in [5.74, 6) is 1.15. The van der Waals surface area contributed by atoms with Crippen molar-refractivity contribution in [1.29, 1.82) is 0 Å². The van der Waals surface area contributed by atoms with Crippen molar-refractivity contribution >= 4 is 34.8 Å². The Balaban J connectivity index is 1.67. The SMILES string of the molecule is S=C(NC[C@@H]1CCCO1)N1CCCSc2ccccc21. The molecule has 1 aromatic carbocycles. The summed E-state index contributed by atoms with van der Waals surface area (Å²) in [7, 11) is 0. The molecule has 1 atom stereocenters. The van der Waals surface area contributed by atoms with Crippen LogP contribution in [0.2, 0.25) is 0 Å². The normalized spacial score (nSPS) is 22.2. The highest BCUT2D eigenvalue weighted by molar-refractivity contribution is 7.99. The Hall–Kier alpha value is -0.780. The molecule has 2 aliphatic heterocycles. The number of anilines is 1. The second-order valence-corrected chi connectivity index (χ2v) is 6.67. The number of nitrogens with zero attached hydrogens (tertiary/aromatic N) is 1. The highest BCUT2D eigenvalue weighted by Gasteiger charge is 2.20. The van der Waals surface area contributed by atoms with Gasteiger partial charge in [-0.25, -0.2) is 0 Å². The molecule has 0 bridgehead atoms. The molecule has 0 unspecified atom stereocenters. The third-order valence-corrected chi connectivity index (χ3v) is 5.20. The third kappa shape index (κ3) is 3.27.